The fraction of sp³-hybridized carbons (Fsp3) is 0.571. The smallest absolute Gasteiger partial charge is 0.245 e. The minimum atomic E-state index is -3.77. The molecular formula is C14H21Cl2NO3S. The van der Waals surface area contributed by atoms with Gasteiger partial charge in [-0.2, -0.15) is 4.31 Å². The van der Waals surface area contributed by atoms with Gasteiger partial charge < -0.3 is 5.11 Å². The molecule has 0 spiro atoms. The molecule has 0 saturated carbocycles. The highest BCUT2D eigenvalue weighted by molar-refractivity contribution is 7.89. The fourth-order valence-corrected chi connectivity index (χ4v) is 4.97. The van der Waals surface area contributed by atoms with Crippen LogP contribution in [0.5, 0.6) is 0 Å². The molecule has 1 aromatic carbocycles. The van der Waals surface area contributed by atoms with Gasteiger partial charge in [0.05, 0.1) is 5.02 Å². The number of sulfonamides is 1. The van der Waals surface area contributed by atoms with Crippen LogP contribution in [0.25, 0.3) is 0 Å². The molecule has 0 heterocycles. The average Bonchev–Trinajstić information content (AvgIpc) is 2.36. The van der Waals surface area contributed by atoms with Crippen LogP contribution >= 0.6 is 23.2 Å². The Bertz CT molecular complexity index is 589. The summed E-state index contributed by atoms with van der Waals surface area (Å²) in [4.78, 5) is 0.0563. The van der Waals surface area contributed by atoms with Gasteiger partial charge in [-0.15, -0.1) is 0 Å². The molecule has 4 nitrogen and oxygen atoms in total. The second-order valence-electron chi connectivity index (χ2n) is 5.23. The molecule has 0 saturated heterocycles. The van der Waals surface area contributed by atoms with Gasteiger partial charge in [0.1, 0.15) is 4.90 Å². The standard InChI is InChI=1S/C14H21Cl2NO3S/c1-9(2)17(6-5-7-18)21(19,20)14-11(4)12(15)8-10(3)13(14)16/h8-9,18H,5-7H2,1-4H3. The quantitative estimate of drug-likeness (QED) is 0.852. The summed E-state index contributed by atoms with van der Waals surface area (Å²) in [5, 5.41) is 9.54. The van der Waals surface area contributed by atoms with Crippen LogP contribution in [-0.4, -0.2) is 37.0 Å². The molecule has 1 rings (SSSR count). The minimum absolute atomic E-state index is 0.0563. The summed E-state index contributed by atoms with van der Waals surface area (Å²) in [7, 11) is -3.77. The first-order valence-electron chi connectivity index (χ1n) is 6.72. The summed E-state index contributed by atoms with van der Waals surface area (Å²) >= 11 is 12.3. The van der Waals surface area contributed by atoms with Crippen molar-refractivity contribution in [2.75, 3.05) is 13.2 Å². The summed E-state index contributed by atoms with van der Waals surface area (Å²) in [6.07, 6.45) is 0.369. The Balaban J connectivity index is 3.48. The number of nitrogens with zero attached hydrogens (tertiary/aromatic N) is 1. The van der Waals surface area contributed by atoms with E-state index in [0.717, 1.165) is 0 Å². The van der Waals surface area contributed by atoms with Crippen molar-refractivity contribution in [3.05, 3.63) is 27.2 Å². The number of aliphatic hydroxyl groups is 1. The van der Waals surface area contributed by atoms with Gasteiger partial charge >= 0.3 is 0 Å². The van der Waals surface area contributed by atoms with Crippen molar-refractivity contribution >= 4 is 33.2 Å². The van der Waals surface area contributed by atoms with E-state index >= 15 is 0 Å². The van der Waals surface area contributed by atoms with Crippen molar-refractivity contribution in [3.8, 4) is 0 Å². The Morgan fingerprint density at radius 1 is 1.29 bits per heavy atom. The van der Waals surface area contributed by atoms with Crippen LogP contribution in [0, 0.1) is 13.8 Å². The Hall–Kier alpha value is -0.330. The average molecular weight is 354 g/mol. The van der Waals surface area contributed by atoms with E-state index in [0.29, 0.717) is 22.6 Å². The van der Waals surface area contributed by atoms with Crippen LogP contribution in [0.4, 0.5) is 0 Å². The van der Waals surface area contributed by atoms with Gasteiger partial charge in [-0.1, -0.05) is 23.2 Å². The van der Waals surface area contributed by atoms with E-state index in [-0.39, 0.29) is 29.1 Å². The maximum atomic E-state index is 12.9. The maximum absolute atomic E-state index is 12.9. The zero-order valence-corrected chi connectivity index (χ0v) is 15.0. The molecule has 0 radical (unpaired) electrons. The van der Waals surface area contributed by atoms with Gasteiger partial charge in [-0.05, 0) is 51.3 Å². The lowest BCUT2D eigenvalue weighted by atomic mass is 10.2. The van der Waals surface area contributed by atoms with Crippen LogP contribution in [0.2, 0.25) is 10.0 Å². The predicted molar refractivity (Wildman–Crippen MR) is 86.7 cm³/mol. The van der Waals surface area contributed by atoms with Crippen LogP contribution in [0.15, 0.2) is 11.0 Å². The molecule has 0 aromatic heterocycles. The summed E-state index contributed by atoms with van der Waals surface area (Å²) in [6, 6.07) is 1.42. The fourth-order valence-electron chi connectivity index (χ4n) is 2.12. The zero-order valence-electron chi connectivity index (χ0n) is 12.7. The zero-order chi connectivity index (χ0) is 16.4. The monoisotopic (exact) mass is 353 g/mol. The number of rotatable bonds is 6. The van der Waals surface area contributed by atoms with Crippen molar-refractivity contribution in [2.45, 2.75) is 45.1 Å². The Labute approximate surface area is 136 Å². The highest BCUT2D eigenvalue weighted by atomic mass is 35.5. The molecular weight excluding hydrogens is 333 g/mol. The number of halogens is 2. The highest BCUT2D eigenvalue weighted by Crippen LogP contribution is 2.35. The first-order valence-corrected chi connectivity index (χ1v) is 8.92. The lowest BCUT2D eigenvalue weighted by Gasteiger charge is -2.27. The second-order valence-corrected chi connectivity index (χ2v) is 7.84. The normalized spacial score (nSPS) is 12.4. The molecule has 1 N–H and O–H groups in total. The number of aliphatic hydroxyl groups excluding tert-OH is 1. The molecule has 0 atom stereocenters. The first kappa shape index (κ1) is 18.7. The van der Waals surface area contributed by atoms with E-state index in [2.05, 4.69) is 0 Å². The number of hydrogen-bond donors (Lipinski definition) is 1. The van der Waals surface area contributed by atoms with Gasteiger partial charge in [0, 0.05) is 24.2 Å². The van der Waals surface area contributed by atoms with Gasteiger partial charge in [0.25, 0.3) is 0 Å². The third-order valence-corrected chi connectivity index (χ3v) is 6.51. The Morgan fingerprint density at radius 3 is 2.33 bits per heavy atom. The van der Waals surface area contributed by atoms with Crippen LogP contribution < -0.4 is 0 Å². The van der Waals surface area contributed by atoms with E-state index in [1.807, 2.05) is 0 Å². The third kappa shape index (κ3) is 3.90. The molecule has 0 bridgehead atoms. The van der Waals surface area contributed by atoms with Crippen molar-refractivity contribution < 1.29 is 13.5 Å². The van der Waals surface area contributed by atoms with E-state index < -0.39 is 10.0 Å². The molecule has 0 amide bonds. The van der Waals surface area contributed by atoms with Crippen LogP contribution in [0.3, 0.4) is 0 Å². The molecule has 0 aliphatic rings. The second kappa shape index (κ2) is 7.29. The molecule has 0 fully saturated rings. The Morgan fingerprint density at radius 2 is 1.86 bits per heavy atom. The van der Waals surface area contributed by atoms with Gasteiger partial charge in [-0.25, -0.2) is 8.42 Å². The van der Waals surface area contributed by atoms with E-state index in [1.54, 1.807) is 33.8 Å². The molecule has 7 heteroatoms. The number of aryl methyl sites for hydroxylation is 1. The van der Waals surface area contributed by atoms with Crippen LogP contribution in [0.1, 0.15) is 31.4 Å². The summed E-state index contributed by atoms with van der Waals surface area (Å²) in [5.41, 5.74) is 1.07. The van der Waals surface area contributed by atoms with E-state index in [4.69, 9.17) is 28.3 Å². The summed E-state index contributed by atoms with van der Waals surface area (Å²) in [6.45, 7) is 7.11. The SMILES string of the molecule is Cc1cc(Cl)c(C)c(S(=O)(=O)N(CCCO)C(C)C)c1Cl. The van der Waals surface area contributed by atoms with Crippen molar-refractivity contribution in [3.63, 3.8) is 0 Å². The number of benzene rings is 1. The molecule has 0 unspecified atom stereocenters. The minimum Gasteiger partial charge on any atom is -0.396 e. The number of hydrogen-bond acceptors (Lipinski definition) is 3. The lowest BCUT2D eigenvalue weighted by Crippen LogP contribution is -2.38. The van der Waals surface area contributed by atoms with Crippen molar-refractivity contribution in [2.24, 2.45) is 0 Å². The molecule has 0 aliphatic carbocycles. The Kier molecular flexibility index (Phi) is 6.50. The topological polar surface area (TPSA) is 57.6 Å². The van der Waals surface area contributed by atoms with Gasteiger partial charge in [-0.3, -0.25) is 0 Å². The van der Waals surface area contributed by atoms with Crippen molar-refractivity contribution in [1.29, 1.82) is 0 Å². The highest BCUT2D eigenvalue weighted by Gasteiger charge is 2.31. The van der Waals surface area contributed by atoms with Crippen LogP contribution in [-0.2, 0) is 10.0 Å². The maximum Gasteiger partial charge on any atom is 0.245 e. The summed E-state index contributed by atoms with van der Waals surface area (Å²) in [5.74, 6) is 0. The molecule has 120 valence electrons. The summed E-state index contributed by atoms with van der Waals surface area (Å²) < 4.78 is 27.2. The van der Waals surface area contributed by atoms with Crippen molar-refractivity contribution in [1.82, 2.24) is 4.31 Å². The predicted octanol–water partition coefficient (Wildman–Crippen LogP) is 3.39. The lowest BCUT2D eigenvalue weighted by molar-refractivity contribution is 0.258. The largest absolute Gasteiger partial charge is 0.396 e. The first-order chi connectivity index (χ1) is 9.64. The third-order valence-electron chi connectivity index (χ3n) is 3.27. The molecule has 21 heavy (non-hydrogen) atoms. The van der Waals surface area contributed by atoms with E-state index in [9.17, 15) is 8.42 Å². The van der Waals surface area contributed by atoms with Gasteiger partial charge in [0.15, 0.2) is 0 Å². The molecule has 1 aromatic rings. The molecule has 0 aliphatic heterocycles. The van der Waals surface area contributed by atoms with Gasteiger partial charge in [0.2, 0.25) is 10.0 Å². The van der Waals surface area contributed by atoms with E-state index in [1.165, 1.54) is 4.31 Å².